The lowest BCUT2D eigenvalue weighted by Gasteiger charge is -2.20. The Balaban J connectivity index is 0.00000264. The first-order valence-corrected chi connectivity index (χ1v) is 7.82. The summed E-state index contributed by atoms with van der Waals surface area (Å²) in [5, 5.41) is 2.77. The first kappa shape index (κ1) is 19.4. The van der Waals surface area contributed by atoms with Gasteiger partial charge in [0.05, 0.1) is 16.8 Å². The number of carbonyl (C=O) groups excluding carboxylic acids is 3. The van der Waals surface area contributed by atoms with Crippen LogP contribution < -0.4 is 22.3 Å². The van der Waals surface area contributed by atoms with Crippen molar-refractivity contribution < 1.29 is 31.4 Å². The molecule has 0 aliphatic carbocycles. The van der Waals surface area contributed by atoms with Crippen LogP contribution in [0.15, 0.2) is 18.2 Å². The molecule has 1 aliphatic heterocycles. The Hall–Kier alpha value is -1.69. The molecule has 1 heterocycles. The summed E-state index contributed by atoms with van der Waals surface area (Å²) in [6.07, 6.45) is 2.84. The molecule has 0 fully saturated rings. The van der Waals surface area contributed by atoms with Gasteiger partial charge in [-0.05, 0) is 31.9 Å². The number of imide groups is 1. The summed E-state index contributed by atoms with van der Waals surface area (Å²) in [5.41, 5.74) is 1.12. The quantitative estimate of drug-likeness (QED) is 0.716. The van der Waals surface area contributed by atoms with E-state index in [9.17, 15) is 14.4 Å². The lowest BCUT2D eigenvalue weighted by molar-refractivity contribution is -0.116. The molecule has 0 aromatic heterocycles. The van der Waals surface area contributed by atoms with E-state index in [1.165, 1.54) is 4.90 Å². The number of carbonyl (C=O) groups is 3. The van der Waals surface area contributed by atoms with Gasteiger partial charge in [-0.25, -0.2) is 0 Å². The molecule has 0 saturated carbocycles. The van der Waals surface area contributed by atoms with E-state index < -0.39 is 0 Å². The summed E-state index contributed by atoms with van der Waals surface area (Å²) in [6, 6.07) is 4.85. The molecule has 1 aliphatic rings. The molecule has 0 spiro atoms. The van der Waals surface area contributed by atoms with Crippen molar-refractivity contribution in [2.75, 3.05) is 5.32 Å². The highest BCUT2D eigenvalue weighted by molar-refractivity contribution is 6.24. The predicted octanol–water partition coefficient (Wildman–Crippen LogP) is 0.214. The zero-order chi connectivity index (χ0) is 16.3. The smallest absolute Gasteiger partial charge is 0.263 e. The number of benzene rings is 1. The van der Waals surface area contributed by atoms with E-state index in [1.54, 1.807) is 18.2 Å². The third kappa shape index (κ3) is 3.80. The van der Waals surface area contributed by atoms with E-state index in [0.29, 0.717) is 29.7 Å². The Morgan fingerprint density at radius 1 is 1.22 bits per heavy atom. The summed E-state index contributed by atoms with van der Waals surface area (Å²) in [5.74, 6) is -0.725. The maximum absolute atomic E-state index is 12.6. The van der Waals surface area contributed by atoms with E-state index in [0.717, 1.165) is 12.8 Å². The summed E-state index contributed by atoms with van der Waals surface area (Å²) >= 11 is 0. The fourth-order valence-electron chi connectivity index (χ4n) is 2.54. The highest BCUT2D eigenvalue weighted by atomic mass is 79.9. The number of fused-ring (bicyclic) bond motifs is 1. The summed E-state index contributed by atoms with van der Waals surface area (Å²) < 4.78 is 0. The van der Waals surface area contributed by atoms with E-state index >= 15 is 0 Å². The third-order valence-corrected chi connectivity index (χ3v) is 4.01. The number of unbranched alkanes of at least 4 members (excludes halogenated alkanes) is 1. The van der Waals surface area contributed by atoms with Crippen LogP contribution in [0.5, 0.6) is 0 Å². The first-order valence-electron chi connectivity index (χ1n) is 7.82. The summed E-state index contributed by atoms with van der Waals surface area (Å²) in [7, 11) is 0. The zero-order valence-corrected chi connectivity index (χ0v) is 15.3. The molecular formula is C17H22BrN2O3-. The molecule has 3 amide bonds. The lowest BCUT2D eigenvalue weighted by Crippen LogP contribution is -3.00. The molecule has 1 N–H and O–H groups in total. The molecule has 6 heteroatoms. The molecule has 0 radical (unpaired) electrons. The summed E-state index contributed by atoms with van der Waals surface area (Å²) in [4.78, 5) is 38.2. The second-order valence-corrected chi connectivity index (χ2v) is 5.62. The van der Waals surface area contributed by atoms with Crippen molar-refractivity contribution in [2.24, 2.45) is 0 Å². The van der Waals surface area contributed by atoms with Crippen LogP contribution in [0.1, 0.15) is 67.2 Å². The van der Waals surface area contributed by atoms with Crippen molar-refractivity contribution in [3.05, 3.63) is 29.3 Å². The highest BCUT2D eigenvalue weighted by Crippen LogP contribution is 2.31. The number of rotatable bonds is 6. The topological polar surface area (TPSA) is 66.5 Å². The number of anilines is 1. The van der Waals surface area contributed by atoms with Gasteiger partial charge >= 0.3 is 0 Å². The Bertz CT molecular complexity index is 616. The second-order valence-electron chi connectivity index (χ2n) is 5.62. The van der Waals surface area contributed by atoms with Gasteiger partial charge in [-0.15, -0.1) is 0 Å². The van der Waals surface area contributed by atoms with Crippen LogP contribution in [0.2, 0.25) is 0 Å². The lowest BCUT2D eigenvalue weighted by atomic mass is 10.1. The number of halogens is 1. The number of hydrogen-bond acceptors (Lipinski definition) is 3. The molecule has 23 heavy (non-hydrogen) atoms. The molecule has 0 bridgehead atoms. The van der Waals surface area contributed by atoms with Gasteiger partial charge in [0.1, 0.15) is 0 Å². The SMILES string of the molecule is CCCCC(=O)Nc1cccc2c1C(=O)N(C(C)CC)C2=O.[Br-]. The van der Waals surface area contributed by atoms with Crippen molar-refractivity contribution >= 4 is 23.4 Å². The Kier molecular flexibility index (Phi) is 6.94. The van der Waals surface area contributed by atoms with Crippen molar-refractivity contribution in [3.8, 4) is 0 Å². The van der Waals surface area contributed by atoms with Gasteiger partial charge in [-0.1, -0.05) is 26.3 Å². The average Bonchev–Trinajstić information content (AvgIpc) is 2.77. The van der Waals surface area contributed by atoms with Gasteiger partial charge in [-0.2, -0.15) is 0 Å². The van der Waals surface area contributed by atoms with Crippen LogP contribution in [0.25, 0.3) is 0 Å². The monoisotopic (exact) mass is 381 g/mol. The molecule has 5 nitrogen and oxygen atoms in total. The molecule has 1 aromatic carbocycles. The van der Waals surface area contributed by atoms with Gasteiger partial charge in [0.25, 0.3) is 11.8 Å². The molecular weight excluding hydrogens is 360 g/mol. The Morgan fingerprint density at radius 2 is 1.91 bits per heavy atom. The molecule has 0 saturated heterocycles. The number of nitrogens with one attached hydrogen (secondary N) is 1. The molecule has 126 valence electrons. The normalized spacial score (nSPS) is 14.3. The van der Waals surface area contributed by atoms with E-state index in [-0.39, 0.29) is 40.7 Å². The molecule has 1 unspecified atom stereocenters. The number of nitrogens with zero attached hydrogens (tertiary/aromatic N) is 1. The molecule has 1 aromatic rings. The fourth-order valence-corrected chi connectivity index (χ4v) is 2.54. The van der Waals surface area contributed by atoms with Crippen LogP contribution >= 0.6 is 0 Å². The van der Waals surface area contributed by atoms with Crippen LogP contribution in [0, 0.1) is 0 Å². The predicted molar refractivity (Wildman–Crippen MR) is 84.8 cm³/mol. The largest absolute Gasteiger partial charge is 1.00 e. The first-order chi connectivity index (χ1) is 10.5. The Labute approximate surface area is 147 Å². The van der Waals surface area contributed by atoms with Crippen molar-refractivity contribution in [2.45, 2.75) is 52.5 Å². The van der Waals surface area contributed by atoms with Crippen LogP contribution in [0.3, 0.4) is 0 Å². The van der Waals surface area contributed by atoms with Gasteiger partial charge in [0, 0.05) is 12.5 Å². The van der Waals surface area contributed by atoms with Crippen LogP contribution in [0.4, 0.5) is 5.69 Å². The zero-order valence-electron chi connectivity index (χ0n) is 13.7. The molecule has 1 atom stereocenters. The van der Waals surface area contributed by atoms with Gasteiger partial charge in [0.2, 0.25) is 5.91 Å². The second kappa shape index (κ2) is 8.24. The van der Waals surface area contributed by atoms with Gasteiger partial charge < -0.3 is 22.3 Å². The van der Waals surface area contributed by atoms with Crippen molar-refractivity contribution in [3.63, 3.8) is 0 Å². The maximum atomic E-state index is 12.6. The van der Waals surface area contributed by atoms with E-state index in [2.05, 4.69) is 5.32 Å². The minimum absolute atomic E-state index is 0. The minimum Gasteiger partial charge on any atom is -1.00 e. The number of amides is 3. The van der Waals surface area contributed by atoms with Gasteiger partial charge in [-0.3, -0.25) is 19.3 Å². The van der Waals surface area contributed by atoms with Crippen molar-refractivity contribution in [1.82, 2.24) is 4.90 Å². The van der Waals surface area contributed by atoms with E-state index in [1.807, 2.05) is 20.8 Å². The van der Waals surface area contributed by atoms with Crippen LogP contribution in [-0.4, -0.2) is 28.7 Å². The standard InChI is InChI=1S/C17H22N2O3.BrH/c1-4-6-10-14(20)18-13-9-7-8-12-15(13)17(22)19(16(12)21)11(3)5-2;/h7-9,11H,4-6,10H2,1-3H3,(H,18,20);1H/p-1. The third-order valence-electron chi connectivity index (χ3n) is 4.01. The minimum atomic E-state index is -0.319. The highest BCUT2D eigenvalue weighted by Gasteiger charge is 2.39. The fraction of sp³-hybridized carbons (Fsp3) is 0.471. The van der Waals surface area contributed by atoms with Gasteiger partial charge in [0.15, 0.2) is 0 Å². The van der Waals surface area contributed by atoms with Crippen LogP contribution in [-0.2, 0) is 4.79 Å². The summed E-state index contributed by atoms with van der Waals surface area (Å²) in [6.45, 7) is 5.79. The average molecular weight is 382 g/mol. The van der Waals surface area contributed by atoms with Crippen molar-refractivity contribution in [1.29, 1.82) is 0 Å². The van der Waals surface area contributed by atoms with E-state index in [4.69, 9.17) is 0 Å². The molecule has 2 rings (SSSR count). The number of hydrogen-bond donors (Lipinski definition) is 1. The Morgan fingerprint density at radius 3 is 2.52 bits per heavy atom. The maximum Gasteiger partial charge on any atom is 0.263 e.